The van der Waals surface area contributed by atoms with E-state index in [9.17, 15) is 0 Å². The normalized spacial score (nSPS) is 24.9. The maximum Gasteiger partial charge on any atom is 0.0195 e. The molecule has 2 heteroatoms. The van der Waals surface area contributed by atoms with Crippen molar-refractivity contribution in [3.63, 3.8) is 0 Å². The minimum Gasteiger partial charge on any atom is -0.311 e. The lowest BCUT2D eigenvalue weighted by Crippen LogP contribution is -2.53. The first kappa shape index (κ1) is 14.0. The van der Waals surface area contributed by atoms with Crippen LogP contribution in [0, 0.1) is 5.92 Å². The summed E-state index contributed by atoms with van der Waals surface area (Å²) in [7, 11) is 0. The van der Waals surface area contributed by atoms with E-state index in [0.29, 0.717) is 0 Å². The monoisotopic (exact) mass is 226 g/mol. The summed E-state index contributed by atoms with van der Waals surface area (Å²) in [5.74, 6) is 0.844. The zero-order valence-corrected chi connectivity index (χ0v) is 11.6. The SMILES string of the molecule is CCCC1CN(C(C)CCC(C)C)CCN1. The summed E-state index contributed by atoms with van der Waals surface area (Å²) < 4.78 is 0. The molecular weight excluding hydrogens is 196 g/mol. The van der Waals surface area contributed by atoms with Crippen LogP contribution in [0.15, 0.2) is 0 Å². The van der Waals surface area contributed by atoms with Crippen LogP contribution in [0.5, 0.6) is 0 Å². The number of hydrogen-bond acceptors (Lipinski definition) is 2. The van der Waals surface area contributed by atoms with Crippen LogP contribution in [0.25, 0.3) is 0 Å². The van der Waals surface area contributed by atoms with Gasteiger partial charge in [-0.05, 0) is 32.1 Å². The van der Waals surface area contributed by atoms with E-state index >= 15 is 0 Å². The van der Waals surface area contributed by atoms with Crippen molar-refractivity contribution in [3.8, 4) is 0 Å². The van der Waals surface area contributed by atoms with Crippen molar-refractivity contribution in [1.29, 1.82) is 0 Å². The molecule has 96 valence electrons. The third-order valence-electron chi connectivity index (χ3n) is 3.71. The van der Waals surface area contributed by atoms with Gasteiger partial charge in [0.2, 0.25) is 0 Å². The smallest absolute Gasteiger partial charge is 0.0195 e. The Kier molecular flexibility index (Phi) is 6.37. The molecule has 2 nitrogen and oxygen atoms in total. The van der Waals surface area contributed by atoms with Crippen LogP contribution in [0.4, 0.5) is 0 Å². The quantitative estimate of drug-likeness (QED) is 0.749. The summed E-state index contributed by atoms with van der Waals surface area (Å²) >= 11 is 0. The Balaban J connectivity index is 2.28. The molecule has 0 aliphatic carbocycles. The Morgan fingerprint density at radius 3 is 2.62 bits per heavy atom. The van der Waals surface area contributed by atoms with E-state index in [1.165, 1.54) is 45.3 Å². The number of nitrogens with one attached hydrogen (secondary N) is 1. The molecule has 1 heterocycles. The van der Waals surface area contributed by atoms with Gasteiger partial charge >= 0.3 is 0 Å². The van der Waals surface area contributed by atoms with Crippen LogP contribution in [-0.2, 0) is 0 Å². The van der Waals surface area contributed by atoms with E-state index in [0.717, 1.165) is 18.0 Å². The van der Waals surface area contributed by atoms with Crippen molar-refractivity contribution in [2.24, 2.45) is 5.92 Å². The highest BCUT2D eigenvalue weighted by Crippen LogP contribution is 2.14. The van der Waals surface area contributed by atoms with Crippen molar-refractivity contribution in [2.75, 3.05) is 19.6 Å². The molecule has 1 saturated heterocycles. The average molecular weight is 226 g/mol. The fourth-order valence-corrected chi connectivity index (χ4v) is 2.55. The van der Waals surface area contributed by atoms with Gasteiger partial charge in [0.05, 0.1) is 0 Å². The van der Waals surface area contributed by atoms with Gasteiger partial charge in [-0.1, -0.05) is 27.2 Å². The third-order valence-corrected chi connectivity index (χ3v) is 3.71. The number of rotatable bonds is 6. The minimum absolute atomic E-state index is 0.736. The van der Waals surface area contributed by atoms with Crippen molar-refractivity contribution in [3.05, 3.63) is 0 Å². The van der Waals surface area contributed by atoms with Crippen molar-refractivity contribution in [1.82, 2.24) is 10.2 Å². The Bertz CT molecular complexity index is 178. The lowest BCUT2D eigenvalue weighted by Gasteiger charge is -2.37. The highest BCUT2D eigenvalue weighted by Gasteiger charge is 2.22. The van der Waals surface area contributed by atoms with Crippen LogP contribution < -0.4 is 5.32 Å². The Morgan fingerprint density at radius 2 is 2.00 bits per heavy atom. The molecule has 1 fully saturated rings. The van der Waals surface area contributed by atoms with Gasteiger partial charge < -0.3 is 5.32 Å². The molecule has 1 N–H and O–H groups in total. The lowest BCUT2D eigenvalue weighted by molar-refractivity contribution is 0.138. The van der Waals surface area contributed by atoms with E-state index < -0.39 is 0 Å². The predicted molar refractivity (Wildman–Crippen MR) is 71.8 cm³/mol. The zero-order valence-electron chi connectivity index (χ0n) is 11.6. The lowest BCUT2D eigenvalue weighted by atomic mass is 10.0. The summed E-state index contributed by atoms with van der Waals surface area (Å²) in [6, 6.07) is 1.50. The molecule has 0 aromatic heterocycles. The second-order valence-electron chi connectivity index (χ2n) is 5.75. The molecular formula is C14H30N2. The van der Waals surface area contributed by atoms with Crippen LogP contribution in [-0.4, -0.2) is 36.6 Å². The van der Waals surface area contributed by atoms with Gasteiger partial charge in [0.15, 0.2) is 0 Å². The molecule has 1 aliphatic rings. The second kappa shape index (κ2) is 7.29. The molecule has 0 spiro atoms. The zero-order chi connectivity index (χ0) is 12.0. The van der Waals surface area contributed by atoms with Gasteiger partial charge in [-0.2, -0.15) is 0 Å². The fourth-order valence-electron chi connectivity index (χ4n) is 2.55. The summed E-state index contributed by atoms with van der Waals surface area (Å²) in [6.45, 7) is 13.0. The molecule has 1 aliphatic heterocycles. The molecule has 0 saturated carbocycles. The predicted octanol–water partition coefficient (Wildman–Crippen LogP) is 2.89. The molecule has 0 radical (unpaired) electrons. The van der Waals surface area contributed by atoms with Gasteiger partial charge in [-0.15, -0.1) is 0 Å². The van der Waals surface area contributed by atoms with E-state index in [1.54, 1.807) is 0 Å². The van der Waals surface area contributed by atoms with Gasteiger partial charge in [0.25, 0.3) is 0 Å². The summed E-state index contributed by atoms with van der Waals surface area (Å²) in [5.41, 5.74) is 0. The standard InChI is InChI=1S/C14H30N2/c1-5-6-14-11-16(10-9-15-14)13(4)8-7-12(2)3/h12-15H,5-11H2,1-4H3. The second-order valence-corrected chi connectivity index (χ2v) is 5.75. The first-order valence-corrected chi connectivity index (χ1v) is 7.11. The molecule has 2 atom stereocenters. The highest BCUT2D eigenvalue weighted by molar-refractivity contribution is 4.81. The molecule has 2 unspecified atom stereocenters. The first-order valence-electron chi connectivity index (χ1n) is 7.11. The van der Waals surface area contributed by atoms with Gasteiger partial charge in [-0.3, -0.25) is 4.90 Å². The molecule has 0 aromatic carbocycles. The van der Waals surface area contributed by atoms with Crippen molar-refractivity contribution < 1.29 is 0 Å². The Morgan fingerprint density at radius 1 is 1.25 bits per heavy atom. The summed E-state index contributed by atoms with van der Waals surface area (Å²) in [5, 5.41) is 3.63. The van der Waals surface area contributed by atoms with Gasteiger partial charge in [-0.25, -0.2) is 0 Å². The Labute approximate surface area is 102 Å². The molecule has 0 bridgehead atoms. The number of piperazine rings is 1. The fraction of sp³-hybridized carbons (Fsp3) is 1.00. The van der Waals surface area contributed by atoms with Crippen LogP contribution in [0.2, 0.25) is 0 Å². The van der Waals surface area contributed by atoms with Gasteiger partial charge in [0, 0.05) is 31.7 Å². The van der Waals surface area contributed by atoms with E-state index in [2.05, 4.69) is 37.9 Å². The molecule has 0 amide bonds. The third kappa shape index (κ3) is 4.84. The van der Waals surface area contributed by atoms with Crippen LogP contribution >= 0.6 is 0 Å². The maximum absolute atomic E-state index is 3.63. The van der Waals surface area contributed by atoms with Gasteiger partial charge in [0.1, 0.15) is 0 Å². The van der Waals surface area contributed by atoms with E-state index in [-0.39, 0.29) is 0 Å². The van der Waals surface area contributed by atoms with E-state index in [1.807, 2.05) is 0 Å². The Hall–Kier alpha value is -0.0800. The summed E-state index contributed by atoms with van der Waals surface area (Å²) in [6.07, 6.45) is 5.35. The topological polar surface area (TPSA) is 15.3 Å². The molecule has 0 aromatic rings. The van der Waals surface area contributed by atoms with Crippen LogP contribution in [0.3, 0.4) is 0 Å². The molecule has 1 rings (SSSR count). The first-order chi connectivity index (χ1) is 7.63. The number of nitrogens with zero attached hydrogens (tertiary/aromatic N) is 1. The van der Waals surface area contributed by atoms with Crippen LogP contribution in [0.1, 0.15) is 53.4 Å². The number of hydrogen-bond donors (Lipinski definition) is 1. The molecule has 16 heavy (non-hydrogen) atoms. The minimum atomic E-state index is 0.736. The summed E-state index contributed by atoms with van der Waals surface area (Å²) in [4.78, 5) is 2.68. The highest BCUT2D eigenvalue weighted by atomic mass is 15.2. The van der Waals surface area contributed by atoms with Crippen molar-refractivity contribution >= 4 is 0 Å². The maximum atomic E-state index is 3.63. The van der Waals surface area contributed by atoms with Crippen molar-refractivity contribution in [2.45, 2.75) is 65.5 Å². The average Bonchev–Trinajstić information content (AvgIpc) is 2.26. The van der Waals surface area contributed by atoms with E-state index in [4.69, 9.17) is 0 Å². The largest absolute Gasteiger partial charge is 0.311 e.